The highest BCUT2D eigenvalue weighted by atomic mass is 16.7. The molecular formula is C32H40N2O2. The number of aromatic nitrogens is 1. The Hall–Kier alpha value is -2.40. The Morgan fingerprint density at radius 2 is 1.75 bits per heavy atom. The molecule has 0 radical (unpaired) electrons. The first-order valence-electron chi connectivity index (χ1n) is 14.0. The van der Waals surface area contributed by atoms with E-state index in [-0.39, 0.29) is 6.29 Å². The molecule has 0 aliphatic carbocycles. The van der Waals surface area contributed by atoms with Crippen LogP contribution >= 0.6 is 0 Å². The molecule has 6 rings (SSSR count). The average molecular weight is 485 g/mol. The van der Waals surface area contributed by atoms with Gasteiger partial charge in [0, 0.05) is 42.1 Å². The lowest BCUT2D eigenvalue weighted by molar-refractivity contribution is -0.161. The molecule has 0 spiro atoms. The van der Waals surface area contributed by atoms with Crippen LogP contribution in [-0.4, -0.2) is 35.0 Å². The fourth-order valence-corrected chi connectivity index (χ4v) is 7.51. The van der Waals surface area contributed by atoms with Gasteiger partial charge in [-0.25, -0.2) is 0 Å². The van der Waals surface area contributed by atoms with E-state index in [1.54, 1.807) is 5.56 Å². The zero-order chi connectivity index (χ0) is 24.6. The van der Waals surface area contributed by atoms with Crippen LogP contribution in [0.15, 0.2) is 66.7 Å². The van der Waals surface area contributed by atoms with Crippen molar-refractivity contribution in [3.8, 4) is 0 Å². The lowest BCUT2D eigenvalue weighted by atomic mass is 9.65. The van der Waals surface area contributed by atoms with Gasteiger partial charge in [0.25, 0.3) is 0 Å². The third-order valence-electron chi connectivity index (χ3n) is 9.06. The van der Waals surface area contributed by atoms with Crippen molar-refractivity contribution in [2.24, 2.45) is 24.8 Å². The number of fused-ring (bicyclic) bond motifs is 6. The fraction of sp³-hybridized carbons (Fsp3) is 0.500. The minimum Gasteiger partial charge on any atom is -0.350 e. The van der Waals surface area contributed by atoms with Crippen molar-refractivity contribution in [1.82, 2.24) is 9.47 Å². The van der Waals surface area contributed by atoms with Gasteiger partial charge in [0.2, 0.25) is 0 Å². The Balaban J connectivity index is 1.50. The smallest absolute Gasteiger partial charge is 0.162 e. The summed E-state index contributed by atoms with van der Waals surface area (Å²) < 4.78 is 15.1. The van der Waals surface area contributed by atoms with Gasteiger partial charge in [-0.1, -0.05) is 74.5 Å². The van der Waals surface area contributed by atoms with Gasteiger partial charge in [0.05, 0.1) is 19.3 Å². The molecule has 1 aromatic heterocycles. The molecule has 2 saturated heterocycles. The van der Waals surface area contributed by atoms with Crippen LogP contribution in [-0.2, 0) is 29.5 Å². The summed E-state index contributed by atoms with van der Waals surface area (Å²) in [5.41, 5.74) is 5.81. The van der Waals surface area contributed by atoms with Crippen molar-refractivity contribution in [2.75, 3.05) is 13.2 Å². The molecule has 5 atom stereocenters. The Morgan fingerprint density at radius 3 is 2.50 bits per heavy atom. The number of para-hydroxylation sites is 1. The molecule has 36 heavy (non-hydrogen) atoms. The number of piperidine rings is 1. The highest BCUT2D eigenvalue weighted by Gasteiger charge is 2.53. The molecule has 2 aromatic carbocycles. The van der Waals surface area contributed by atoms with Crippen LogP contribution in [0.25, 0.3) is 10.9 Å². The summed E-state index contributed by atoms with van der Waals surface area (Å²) in [6, 6.07) is 20.8. The van der Waals surface area contributed by atoms with Gasteiger partial charge in [-0.3, -0.25) is 4.90 Å². The molecule has 4 heteroatoms. The highest BCUT2D eigenvalue weighted by molar-refractivity contribution is 5.86. The summed E-state index contributed by atoms with van der Waals surface area (Å²) >= 11 is 0. The van der Waals surface area contributed by atoms with E-state index in [2.05, 4.69) is 97.1 Å². The Labute approximate surface area is 215 Å². The van der Waals surface area contributed by atoms with Gasteiger partial charge in [-0.2, -0.15) is 0 Å². The number of ether oxygens (including phenoxy) is 2. The quantitative estimate of drug-likeness (QED) is 0.351. The fourth-order valence-electron chi connectivity index (χ4n) is 7.51. The third kappa shape index (κ3) is 4.04. The molecule has 1 unspecified atom stereocenters. The summed E-state index contributed by atoms with van der Waals surface area (Å²) in [6.07, 6.45) is 9.20. The molecule has 0 saturated carbocycles. The van der Waals surface area contributed by atoms with Crippen LogP contribution < -0.4 is 0 Å². The third-order valence-corrected chi connectivity index (χ3v) is 9.06. The Bertz CT molecular complexity index is 1210. The summed E-state index contributed by atoms with van der Waals surface area (Å²) in [7, 11) is 2.28. The number of hydrogen-bond donors (Lipinski definition) is 0. The predicted octanol–water partition coefficient (Wildman–Crippen LogP) is 6.65. The second kappa shape index (κ2) is 10.2. The van der Waals surface area contributed by atoms with Gasteiger partial charge >= 0.3 is 0 Å². The molecule has 4 nitrogen and oxygen atoms in total. The van der Waals surface area contributed by atoms with Crippen molar-refractivity contribution in [2.45, 2.75) is 64.4 Å². The lowest BCUT2D eigenvalue weighted by Crippen LogP contribution is -2.58. The van der Waals surface area contributed by atoms with Gasteiger partial charge in [0.15, 0.2) is 6.29 Å². The van der Waals surface area contributed by atoms with Gasteiger partial charge < -0.3 is 14.0 Å². The van der Waals surface area contributed by atoms with Crippen molar-refractivity contribution < 1.29 is 9.47 Å². The number of allylic oxidation sites excluding steroid dienone is 2. The zero-order valence-corrected chi connectivity index (χ0v) is 22.0. The number of nitrogens with zero attached hydrogens (tertiary/aromatic N) is 2. The van der Waals surface area contributed by atoms with Crippen LogP contribution in [0.5, 0.6) is 0 Å². The molecule has 3 aliphatic rings. The van der Waals surface area contributed by atoms with Crippen molar-refractivity contribution in [3.05, 3.63) is 83.6 Å². The van der Waals surface area contributed by atoms with Crippen molar-refractivity contribution in [1.29, 1.82) is 0 Å². The maximum atomic E-state index is 6.31. The Kier molecular flexibility index (Phi) is 6.76. The van der Waals surface area contributed by atoms with Gasteiger partial charge in [-0.15, -0.1) is 0 Å². The number of aryl methyl sites for hydroxylation is 1. The number of hydrogen-bond acceptors (Lipinski definition) is 3. The SMILES string of the molecule is CC/C=C/C(CC)[C@H]1C[C@@H]2c3c(c4ccccc4n3C)C[C@H]([C@@H]1C1OCCO1)N2Cc1ccccc1. The summed E-state index contributed by atoms with van der Waals surface area (Å²) in [5, 5.41) is 1.42. The predicted molar refractivity (Wildman–Crippen MR) is 146 cm³/mol. The standard InChI is InChI=1S/C32H40N2O2/c1-4-6-14-23(5-2)25-19-29-31-26(24-15-10-11-16-27(24)33(31)3)20-28(30(25)32-35-17-18-36-32)34(29)21-22-12-8-7-9-13-22/h6-16,23,25,28-30,32H,4-5,17-21H2,1-3H3/b14-6+/t23?,25-,28-,29-,30-/m1/s1. The Morgan fingerprint density at radius 1 is 1.00 bits per heavy atom. The van der Waals surface area contributed by atoms with Crippen molar-refractivity contribution >= 4 is 10.9 Å². The van der Waals surface area contributed by atoms with Gasteiger partial charge in [0.1, 0.15) is 0 Å². The monoisotopic (exact) mass is 484 g/mol. The zero-order valence-electron chi connectivity index (χ0n) is 22.0. The van der Waals surface area contributed by atoms with E-state index in [1.165, 1.54) is 22.2 Å². The van der Waals surface area contributed by atoms with E-state index in [4.69, 9.17) is 9.47 Å². The minimum absolute atomic E-state index is 0.111. The van der Waals surface area contributed by atoms with E-state index in [0.717, 1.165) is 32.2 Å². The van der Waals surface area contributed by atoms with E-state index < -0.39 is 0 Å². The van der Waals surface area contributed by atoms with E-state index in [9.17, 15) is 0 Å². The largest absolute Gasteiger partial charge is 0.350 e. The first-order chi connectivity index (χ1) is 17.7. The van der Waals surface area contributed by atoms with Crippen LogP contribution in [0.2, 0.25) is 0 Å². The normalized spacial score (nSPS) is 27.6. The van der Waals surface area contributed by atoms with E-state index in [0.29, 0.717) is 43.1 Å². The summed E-state index contributed by atoms with van der Waals surface area (Å²) in [6.45, 7) is 6.98. The summed E-state index contributed by atoms with van der Waals surface area (Å²) in [4.78, 5) is 2.80. The maximum absolute atomic E-state index is 6.31. The molecule has 2 bridgehead atoms. The van der Waals surface area contributed by atoms with Gasteiger partial charge in [-0.05, 0) is 54.7 Å². The first kappa shape index (κ1) is 24.0. The van der Waals surface area contributed by atoms with E-state index >= 15 is 0 Å². The molecule has 190 valence electrons. The molecular weight excluding hydrogens is 444 g/mol. The number of rotatable bonds is 7. The van der Waals surface area contributed by atoms with Crippen LogP contribution in [0.3, 0.4) is 0 Å². The van der Waals surface area contributed by atoms with Crippen LogP contribution in [0, 0.1) is 17.8 Å². The molecule has 4 heterocycles. The van der Waals surface area contributed by atoms with Crippen molar-refractivity contribution in [3.63, 3.8) is 0 Å². The maximum Gasteiger partial charge on any atom is 0.162 e. The van der Waals surface area contributed by atoms with Crippen LogP contribution in [0.4, 0.5) is 0 Å². The topological polar surface area (TPSA) is 26.6 Å². The number of benzene rings is 2. The average Bonchev–Trinajstić information content (AvgIpc) is 3.53. The molecule has 3 aromatic rings. The van der Waals surface area contributed by atoms with E-state index in [1.807, 2.05) is 0 Å². The second-order valence-corrected chi connectivity index (χ2v) is 10.9. The first-order valence-corrected chi connectivity index (χ1v) is 14.0. The highest BCUT2D eigenvalue weighted by Crippen LogP contribution is 2.53. The summed E-state index contributed by atoms with van der Waals surface area (Å²) in [5.74, 6) is 1.43. The molecule has 2 fully saturated rings. The minimum atomic E-state index is -0.111. The molecule has 3 aliphatic heterocycles. The van der Waals surface area contributed by atoms with Crippen LogP contribution in [0.1, 0.15) is 56.0 Å². The lowest BCUT2D eigenvalue weighted by Gasteiger charge is -2.55. The molecule has 0 N–H and O–H groups in total. The second-order valence-electron chi connectivity index (χ2n) is 10.9. The molecule has 0 amide bonds.